The second kappa shape index (κ2) is 6.97. The van der Waals surface area contributed by atoms with Gasteiger partial charge in [0.25, 0.3) is 0 Å². The summed E-state index contributed by atoms with van der Waals surface area (Å²) < 4.78 is 0. The second-order valence-electron chi connectivity index (χ2n) is 7.98. The SMILES string of the molecule is CN(C)CC1=CCC(CC(C)(C)c2ccc3ccccc3c2C=N)=C1. The number of benzene rings is 2. The first-order valence-corrected chi connectivity index (χ1v) is 8.96. The van der Waals surface area contributed by atoms with Crippen molar-refractivity contribution in [2.24, 2.45) is 0 Å². The van der Waals surface area contributed by atoms with Gasteiger partial charge in [-0.2, -0.15) is 0 Å². The smallest absolute Gasteiger partial charge is 0.0259 e. The standard InChI is InChI=1S/C23H28N2/c1-23(2,14-17-9-10-18(13-17)16-25(3)4)22-12-11-19-7-5-6-8-20(19)21(22)15-24/h5-8,10-13,15,24H,9,14,16H2,1-4H3. The fourth-order valence-corrected chi connectivity index (χ4v) is 3.94. The molecule has 2 nitrogen and oxygen atoms in total. The molecule has 0 heterocycles. The van der Waals surface area contributed by atoms with E-state index in [0.29, 0.717) is 0 Å². The molecule has 25 heavy (non-hydrogen) atoms. The molecule has 0 amide bonds. The molecule has 1 N–H and O–H groups in total. The van der Waals surface area contributed by atoms with Crippen molar-refractivity contribution in [1.29, 1.82) is 5.41 Å². The van der Waals surface area contributed by atoms with Crippen molar-refractivity contribution in [2.75, 3.05) is 20.6 Å². The average Bonchev–Trinajstić information content (AvgIpc) is 2.98. The molecule has 0 aromatic heterocycles. The molecule has 2 aromatic carbocycles. The number of hydrogen-bond acceptors (Lipinski definition) is 2. The van der Waals surface area contributed by atoms with E-state index < -0.39 is 0 Å². The van der Waals surface area contributed by atoms with Crippen LogP contribution in [0.5, 0.6) is 0 Å². The quantitative estimate of drug-likeness (QED) is 0.712. The lowest BCUT2D eigenvalue weighted by atomic mass is 9.76. The third kappa shape index (κ3) is 3.74. The monoisotopic (exact) mass is 332 g/mol. The lowest BCUT2D eigenvalue weighted by Crippen LogP contribution is -2.20. The lowest BCUT2D eigenvalue weighted by molar-refractivity contribution is 0.449. The first kappa shape index (κ1) is 17.6. The molecule has 130 valence electrons. The first-order valence-electron chi connectivity index (χ1n) is 8.96. The number of likely N-dealkylation sites (N-methyl/N-ethyl adjacent to an activating group) is 1. The highest BCUT2D eigenvalue weighted by Crippen LogP contribution is 2.37. The van der Waals surface area contributed by atoms with Crippen LogP contribution in [0, 0.1) is 5.41 Å². The summed E-state index contributed by atoms with van der Waals surface area (Å²) in [6.07, 6.45) is 8.33. The van der Waals surface area contributed by atoms with Crippen molar-refractivity contribution >= 4 is 17.0 Å². The highest BCUT2D eigenvalue weighted by molar-refractivity contribution is 6.00. The van der Waals surface area contributed by atoms with Gasteiger partial charge in [-0.15, -0.1) is 0 Å². The maximum atomic E-state index is 7.98. The summed E-state index contributed by atoms with van der Waals surface area (Å²) in [5, 5.41) is 10.4. The van der Waals surface area contributed by atoms with Crippen LogP contribution in [-0.2, 0) is 5.41 Å². The molecule has 0 aliphatic heterocycles. The molecular formula is C23H28N2. The highest BCUT2D eigenvalue weighted by atomic mass is 15.0. The molecule has 0 unspecified atom stereocenters. The van der Waals surface area contributed by atoms with Gasteiger partial charge in [0.05, 0.1) is 0 Å². The van der Waals surface area contributed by atoms with Gasteiger partial charge in [-0.05, 0) is 54.3 Å². The van der Waals surface area contributed by atoms with E-state index in [2.05, 4.69) is 81.4 Å². The van der Waals surface area contributed by atoms with Crippen molar-refractivity contribution < 1.29 is 0 Å². The molecule has 0 saturated carbocycles. The lowest BCUT2D eigenvalue weighted by Gasteiger charge is -2.28. The Labute approximate surface area is 151 Å². The molecular weight excluding hydrogens is 304 g/mol. The predicted octanol–water partition coefficient (Wildman–Crippen LogP) is 5.32. The van der Waals surface area contributed by atoms with Gasteiger partial charge in [0, 0.05) is 18.3 Å². The Hall–Kier alpha value is -2.19. The van der Waals surface area contributed by atoms with Gasteiger partial charge in [0.1, 0.15) is 0 Å². The van der Waals surface area contributed by atoms with Crippen molar-refractivity contribution in [2.45, 2.75) is 32.1 Å². The van der Waals surface area contributed by atoms with Crippen molar-refractivity contribution in [3.8, 4) is 0 Å². The minimum atomic E-state index is 0.00412. The van der Waals surface area contributed by atoms with Gasteiger partial charge in [-0.1, -0.05) is 68.0 Å². The van der Waals surface area contributed by atoms with Gasteiger partial charge >= 0.3 is 0 Å². The Morgan fingerprint density at radius 1 is 1.12 bits per heavy atom. The van der Waals surface area contributed by atoms with Gasteiger partial charge < -0.3 is 10.3 Å². The zero-order chi connectivity index (χ0) is 18.0. The van der Waals surface area contributed by atoms with Crippen LogP contribution in [0.25, 0.3) is 10.8 Å². The van der Waals surface area contributed by atoms with Crippen LogP contribution in [0.1, 0.15) is 37.8 Å². The Bertz CT molecular complexity index is 854. The molecule has 1 aliphatic carbocycles. The summed E-state index contributed by atoms with van der Waals surface area (Å²) in [7, 11) is 4.23. The molecule has 1 aliphatic rings. The van der Waals surface area contributed by atoms with Crippen LogP contribution in [0.2, 0.25) is 0 Å². The summed E-state index contributed by atoms with van der Waals surface area (Å²) in [5.41, 5.74) is 5.24. The van der Waals surface area contributed by atoms with E-state index in [1.165, 1.54) is 33.7 Å². The number of nitrogens with one attached hydrogen (secondary N) is 1. The van der Waals surface area contributed by atoms with Gasteiger partial charge in [-0.25, -0.2) is 0 Å². The van der Waals surface area contributed by atoms with E-state index in [1.54, 1.807) is 0 Å². The Kier molecular flexibility index (Phi) is 4.91. The van der Waals surface area contributed by atoms with Gasteiger partial charge in [0.2, 0.25) is 0 Å². The van der Waals surface area contributed by atoms with Crippen molar-refractivity contribution in [3.63, 3.8) is 0 Å². The maximum Gasteiger partial charge on any atom is 0.0259 e. The maximum absolute atomic E-state index is 7.98. The molecule has 0 spiro atoms. The topological polar surface area (TPSA) is 27.1 Å². The predicted molar refractivity (Wildman–Crippen MR) is 109 cm³/mol. The Morgan fingerprint density at radius 2 is 1.88 bits per heavy atom. The van der Waals surface area contributed by atoms with E-state index in [1.807, 2.05) is 0 Å². The van der Waals surface area contributed by atoms with E-state index in [9.17, 15) is 0 Å². The summed E-state index contributed by atoms with van der Waals surface area (Å²) in [6.45, 7) is 5.61. The first-order chi connectivity index (χ1) is 11.9. The Balaban J connectivity index is 1.91. The van der Waals surface area contributed by atoms with Crippen LogP contribution in [0.15, 0.2) is 59.7 Å². The summed E-state index contributed by atoms with van der Waals surface area (Å²) in [6, 6.07) is 12.8. The minimum absolute atomic E-state index is 0.00412. The second-order valence-corrected chi connectivity index (χ2v) is 7.98. The number of rotatable bonds is 6. The summed E-state index contributed by atoms with van der Waals surface area (Å²) >= 11 is 0. The number of hydrogen-bond donors (Lipinski definition) is 1. The molecule has 2 aromatic rings. The summed E-state index contributed by atoms with van der Waals surface area (Å²) in [4.78, 5) is 2.22. The molecule has 0 radical (unpaired) electrons. The largest absolute Gasteiger partial charge is 0.308 e. The van der Waals surface area contributed by atoms with E-state index in [4.69, 9.17) is 5.41 Å². The van der Waals surface area contributed by atoms with E-state index >= 15 is 0 Å². The normalized spacial score (nSPS) is 14.8. The van der Waals surface area contributed by atoms with Crippen molar-refractivity contribution in [3.05, 3.63) is 70.8 Å². The molecule has 0 bridgehead atoms. The van der Waals surface area contributed by atoms with Gasteiger partial charge in [0.15, 0.2) is 0 Å². The average molecular weight is 332 g/mol. The highest BCUT2D eigenvalue weighted by Gasteiger charge is 2.26. The molecule has 0 fully saturated rings. The van der Waals surface area contributed by atoms with Crippen LogP contribution >= 0.6 is 0 Å². The number of nitrogens with zero attached hydrogens (tertiary/aromatic N) is 1. The Morgan fingerprint density at radius 3 is 2.60 bits per heavy atom. The zero-order valence-electron chi connectivity index (χ0n) is 15.8. The molecule has 3 rings (SSSR count). The van der Waals surface area contributed by atoms with Crippen LogP contribution in [0.3, 0.4) is 0 Å². The number of allylic oxidation sites excluding steroid dienone is 2. The molecule has 2 heteroatoms. The van der Waals surface area contributed by atoms with Gasteiger partial charge in [-0.3, -0.25) is 0 Å². The van der Waals surface area contributed by atoms with Crippen LogP contribution < -0.4 is 0 Å². The third-order valence-electron chi connectivity index (χ3n) is 5.03. The van der Waals surface area contributed by atoms with E-state index in [-0.39, 0.29) is 5.41 Å². The van der Waals surface area contributed by atoms with Crippen molar-refractivity contribution in [1.82, 2.24) is 4.90 Å². The minimum Gasteiger partial charge on any atom is -0.308 e. The fourth-order valence-electron chi connectivity index (χ4n) is 3.94. The zero-order valence-corrected chi connectivity index (χ0v) is 15.8. The third-order valence-corrected chi connectivity index (χ3v) is 5.03. The summed E-state index contributed by atoms with van der Waals surface area (Å²) in [5.74, 6) is 0. The van der Waals surface area contributed by atoms with E-state index in [0.717, 1.165) is 24.9 Å². The number of fused-ring (bicyclic) bond motifs is 1. The fraction of sp³-hybridized carbons (Fsp3) is 0.348. The van der Waals surface area contributed by atoms with Crippen LogP contribution in [0.4, 0.5) is 0 Å². The molecule has 0 atom stereocenters. The van der Waals surface area contributed by atoms with Crippen LogP contribution in [-0.4, -0.2) is 31.8 Å². The molecule has 0 saturated heterocycles.